The van der Waals surface area contributed by atoms with Crippen LogP contribution >= 0.6 is 11.6 Å². The van der Waals surface area contributed by atoms with Crippen LogP contribution in [0.3, 0.4) is 0 Å². The van der Waals surface area contributed by atoms with E-state index in [0.29, 0.717) is 0 Å². The van der Waals surface area contributed by atoms with Gasteiger partial charge in [-0.2, -0.15) is 26.3 Å². The molecule has 17 heavy (non-hydrogen) atoms. The fraction of sp³-hybridized carbons (Fsp3) is 1.00. The predicted octanol–water partition coefficient (Wildman–Crippen LogP) is 1.76. The van der Waals surface area contributed by atoms with Crippen LogP contribution in [-0.4, -0.2) is 35.5 Å². The Morgan fingerprint density at radius 1 is 1.06 bits per heavy atom. The Labute approximate surface area is 96.3 Å². The summed E-state index contributed by atoms with van der Waals surface area (Å²) in [6, 6.07) is -1.48. The smallest absolute Gasteiger partial charge is 0.320 e. The summed E-state index contributed by atoms with van der Waals surface area (Å²) in [5, 5.41) is -1.43. The summed E-state index contributed by atoms with van der Waals surface area (Å²) in [5.41, 5.74) is -3.96. The van der Waals surface area contributed by atoms with E-state index < -0.39 is 47.8 Å². The first kappa shape index (κ1) is 13.2. The van der Waals surface area contributed by atoms with Crippen molar-refractivity contribution in [2.24, 2.45) is 5.92 Å². The average molecular weight is 287 g/mol. The van der Waals surface area contributed by atoms with Crippen molar-refractivity contribution in [3.63, 3.8) is 0 Å². The van der Waals surface area contributed by atoms with Crippen molar-refractivity contribution < 1.29 is 36.0 Å². The van der Waals surface area contributed by atoms with E-state index in [0.717, 1.165) is 0 Å². The highest BCUT2D eigenvalue weighted by molar-refractivity contribution is 6.21. The maximum absolute atomic E-state index is 13.1. The van der Waals surface area contributed by atoms with E-state index in [1.165, 1.54) is 0 Å². The van der Waals surface area contributed by atoms with Gasteiger partial charge in [-0.05, 0) is 6.42 Å². The lowest BCUT2D eigenvalue weighted by Crippen LogP contribution is -3.07. The number of nitrogens with two attached hydrogens (primary N) is 1. The summed E-state index contributed by atoms with van der Waals surface area (Å²) in [5.74, 6) is -1.97. The third-order valence-electron chi connectivity index (χ3n) is 3.63. The predicted molar refractivity (Wildman–Crippen MR) is 43.2 cm³/mol. The molecule has 1 aliphatic heterocycles. The van der Waals surface area contributed by atoms with Gasteiger partial charge in [-0.25, -0.2) is 4.39 Å². The Morgan fingerprint density at radius 2 is 1.53 bits per heavy atom. The number of halogens is 8. The Morgan fingerprint density at radius 3 is 1.76 bits per heavy atom. The molecule has 1 saturated heterocycles. The van der Waals surface area contributed by atoms with Crippen molar-refractivity contribution in [2.75, 3.05) is 0 Å². The van der Waals surface area contributed by atoms with E-state index in [-0.39, 0.29) is 5.32 Å². The summed E-state index contributed by atoms with van der Waals surface area (Å²) in [7, 11) is 0. The van der Waals surface area contributed by atoms with Crippen LogP contribution in [0.5, 0.6) is 0 Å². The van der Waals surface area contributed by atoms with Crippen LogP contribution in [0, 0.1) is 5.92 Å². The van der Waals surface area contributed by atoms with Gasteiger partial charge in [-0.1, -0.05) is 0 Å². The van der Waals surface area contributed by atoms with Gasteiger partial charge in [-0.15, -0.1) is 11.6 Å². The minimum Gasteiger partial charge on any atom is -0.320 e. The van der Waals surface area contributed by atoms with Crippen LogP contribution in [0.2, 0.25) is 0 Å². The van der Waals surface area contributed by atoms with Gasteiger partial charge in [0.2, 0.25) is 0 Å². The van der Waals surface area contributed by atoms with Gasteiger partial charge in [-0.3, -0.25) is 0 Å². The van der Waals surface area contributed by atoms with Gasteiger partial charge in [0.1, 0.15) is 6.04 Å². The summed E-state index contributed by atoms with van der Waals surface area (Å²) in [6.07, 6.45) is -13.5. The average Bonchev–Trinajstić information content (AvgIpc) is 2.53. The Balaban J connectivity index is 2.48. The van der Waals surface area contributed by atoms with E-state index in [1.54, 1.807) is 0 Å². The number of hydrogen-bond donors (Lipinski definition) is 1. The zero-order chi connectivity index (χ0) is 13.2. The molecule has 4 atom stereocenters. The van der Waals surface area contributed by atoms with Crippen LogP contribution < -0.4 is 5.32 Å². The van der Waals surface area contributed by atoms with Crippen LogP contribution in [0.15, 0.2) is 0 Å². The molecule has 2 N–H and O–H groups in total. The van der Waals surface area contributed by atoms with Gasteiger partial charge in [0.15, 0.2) is 6.17 Å². The lowest BCUT2D eigenvalue weighted by molar-refractivity contribution is -0.798. The lowest BCUT2D eigenvalue weighted by atomic mass is 9.82. The molecule has 2 rings (SSSR count). The normalized spacial score (nSPS) is 40.9. The molecule has 1 saturated carbocycles. The van der Waals surface area contributed by atoms with Crippen molar-refractivity contribution in [2.45, 2.75) is 41.9 Å². The van der Waals surface area contributed by atoms with Crippen LogP contribution in [-0.2, 0) is 0 Å². The van der Waals surface area contributed by atoms with E-state index in [9.17, 15) is 30.7 Å². The largest absolute Gasteiger partial charge is 0.454 e. The molecule has 9 heteroatoms. The molecule has 0 aromatic rings. The van der Waals surface area contributed by atoms with Crippen molar-refractivity contribution in [3.05, 3.63) is 0 Å². The number of fused-ring (bicyclic) bond motifs is 2. The first-order chi connectivity index (χ1) is 7.52. The van der Waals surface area contributed by atoms with Gasteiger partial charge in [0.25, 0.3) is 5.54 Å². The molecule has 0 unspecified atom stereocenters. The van der Waals surface area contributed by atoms with Gasteiger partial charge < -0.3 is 5.32 Å². The molecule has 100 valence electrons. The molecule has 0 amide bonds. The quantitative estimate of drug-likeness (QED) is 0.516. The number of rotatable bonds is 0. The first-order valence-corrected chi connectivity index (χ1v) is 5.23. The second-order valence-corrected chi connectivity index (χ2v) is 4.92. The van der Waals surface area contributed by atoms with Crippen molar-refractivity contribution >= 4 is 11.6 Å². The molecular formula is C8H8ClF7N+. The van der Waals surface area contributed by atoms with Gasteiger partial charge in [0.05, 0.1) is 11.3 Å². The van der Waals surface area contributed by atoms with Crippen molar-refractivity contribution in [1.82, 2.24) is 0 Å². The monoisotopic (exact) mass is 286 g/mol. The minimum absolute atomic E-state index is 0.0174. The van der Waals surface area contributed by atoms with E-state index in [1.807, 2.05) is 0 Å². The third kappa shape index (κ3) is 1.49. The standard InChI is InChI=1S/C8H7ClF7N/c9-4-2-1-3(10)5(4)17-6(2,7(11,12)13)8(14,15)16/h2-5,17H,1H2/p+1/t2-,3-,4-,5+/m1/s1. The fourth-order valence-corrected chi connectivity index (χ4v) is 3.36. The summed E-state index contributed by atoms with van der Waals surface area (Å²) >= 11 is 5.50. The highest BCUT2D eigenvalue weighted by Crippen LogP contribution is 2.54. The van der Waals surface area contributed by atoms with E-state index >= 15 is 0 Å². The van der Waals surface area contributed by atoms with E-state index in [2.05, 4.69) is 0 Å². The molecule has 0 radical (unpaired) electrons. The number of quaternary nitrogens is 1. The van der Waals surface area contributed by atoms with Crippen LogP contribution in [0.25, 0.3) is 0 Å². The molecule has 0 aromatic heterocycles. The van der Waals surface area contributed by atoms with Gasteiger partial charge >= 0.3 is 12.4 Å². The molecular weight excluding hydrogens is 279 g/mol. The van der Waals surface area contributed by atoms with E-state index in [4.69, 9.17) is 11.6 Å². The molecule has 2 aliphatic rings. The zero-order valence-electron chi connectivity index (χ0n) is 8.12. The van der Waals surface area contributed by atoms with Crippen LogP contribution in [0.1, 0.15) is 6.42 Å². The summed E-state index contributed by atoms with van der Waals surface area (Å²) in [4.78, 5) is 0. The Hall–Kier alpha value is -0.240. The number of piperidine rings is 1. The molecule has 1 aliphatic carbocycles. The summed E-state index contributed by atoms with van der Waals surface area (Å²) in [6.45, 7) is 0. The second kappa shape index (κ2) is 3.40. The first-order valence-electron chi connectivity index (χ1n) is 4.80. The fourth-order valence-electron chi connectivity index (χ4n) is 2.83. The highest BCUT2D eigenvalue weighted by Gasteiger charge is 2.85. The molecule has 1 heterocycles. The molecule has 0 aromatic carbocycles. The topological polar surface area (TPSA) is 16.6 Å². The number of alkyl halides is 8. The highest BCUT2D eigenvalue weighted by atomic mass is 35.5. The third-order valence-corrected chi connectivity index (χ3v) is 4.22. The summed E-state index contributed by atoms with van der Waals surface area (Å²) < 4.78 is 89.6. The number of hydrogen-bond acceptors (Lipinski definition) is 0. The maximum Gasteiger partial charge on any atom is 0.454 e. The molecule has 2 fully saturated rings. The maximum atomic E-state index is 13.1. The minimum atomic E-state index is -5.50. The Bertz CT molecular complexity index is 311. The molecule has 0 spiro atoms. The van der Waals surface area contributed by atoms with Crippen molar-refractivity contribution in [1.29, 1.82) is 0 Å². The second-order valence-electron chi connectivity index (χ2n) is 4.41. The Kier molecular flexibility index (Phi) is 2.64. The SMILES string of the molecule is F[C@@H]1C[C@@H]2[C@@H](Cl)[C@H]1[NH2+]C2(C(F)(F)F)C(F)(F)F. The molecule has 1 nitrogen and oxygen atoms in total. The lowest BCUT2D eigenvalue weighted by Gasteiger charge is -2.37. The molecule has 2 bridgehead atoms. The zero-order valence-corrected chi connectivity index (χ0v) is 8.87. The van der Waals surface area contributed by atoms with Gasteiger partial charge in [0, 0.05) is 0 Å². The van der Waals surface area contributed by atoms with Crippen LogP contribution in [0.4, 0.5) is 30.7 Å². The van der Waals surface area contributed by atoms with Crippen molar-refractivity contribution in [3.8, 4) is 0 Å².